The summed E-state index contributed by atoms with van der Waals surface area (Å²) in [7, 11) is 1.52. The zero-order chi connectivity index (χ0) is 19.6. The van der Waals surface area contributed by atoms with E-state index in [0.717, 1.165) is 16.9 Å². The van der Waals surface area contributed by atoms with Gasteiger partial charge in [-0.15, -0.1) is 0 Å². The Morgan fingerprint density at radius 2 is 1.85 bits per heavy atom. The molecular formula is C21H23NO5. The molecule has 0 bridgehead atoms. The summed E-state index contributed by atoms with van der Waals surface area (Å²) in [6.07, 6.45) is 2.88. The quantitative estimate of drug-likeness (QED) is 0.568. The Morgan fingerprint density at radius 1 is 1.11 bits per heavy atom. The molecule has 0 spiro atoms. The van der Waals surface area contributed by atoms with Gasteiger partial charge >= 0.3 is 5.97 Å². The number of nitrogens with one attached hydrogen (secondary N) is 1. The Balaban J connectivity index is 1.84. The summed E-state index contributed by atoms with van der Waals surface area (Å²) < 4.78 is 15.5. The Hall–Kier alpha value is -3.28. The third-order valence-electron chi connectivity index (χ3n) is 3.58. The predicted octanol–water partition coefficient (Wildman–Crippen LogP) is 3.60. The molecule has 1 amide bonds. The van der Waals surface area contributed by atoms with Gasteiger partial charge in [0.2, 0.25) is 0 Å². The monoisotopic (exact) mass is 369 g/mol. The molecule has 27 heavy (non-hydrogen) atoms. The SMILES string of the molecule is CCOc1ccc(/C=C/C(=O)OCC(=O)Nc2cc(C)ccc2OC)cc1. The molecule has 0 unspecified atom stereocenters. The molecule has 0 aliphatic heterocycles. The number of hydrogen-bond donors (Lipinski definition) is 1. The number of esters is 1. The molecule has 0 aromatic heterocycles. The van der Waals surface area contributed by atoms with Gasteiger partial charge in [-0.3, -0.25) is 4.79 Å². The average Bonchev–Trinajstić information content (AvgIpc) is 2.66. The van der Waals surface area contributed by atoms with Gasteiger partial charge in [0.05, 0.1) is 19.4 Å². The maximum absolute atomic E-state index is 12.0. The Kier molecular flexibility index (Phi) is 7.43. The molecule has 0 saturated carbocycles. The van der Waals surface area contributed by atoms with E-state index in [9.17, 15) is 9.59 Å². The number of aryl methyl sites for hydroxylation is 1. The van der Waals surface area contributed by atoms with Crippen molar-refractivity contribution in [2.45, 2.75) is 13.8 Å². The van der Waals surface area contributed by atoms with Crippen LogP contribution in [0.3, 0.4) is 0 Å². The third-order valence-corrected chi connectivity index (χ3v) is 3.58. The summed E-state index contributed by atoms with van der Waals surface area (Å²) in [4.78, 5) is 23.8. The molecule has 0 atom stereocenters. The van der Waals surface area contributed by atoms with Crippen LogP contribution in [0.4, 0.5) is 5.69 Å². The lowest BCUT2D eigenvalue weighted by molar-refractivity contribution is -0.142. The highest BCUT2D eigenvalue weighted by molar-refractivity contribution is 5.95. The largest absolute Gasteiger partial charge is 0.495 e. The van der Waals surface area contributed by atoms with Gasteiger partial charge in [0, 0.05) is 6.08 Å². The molecule has 142 valence electrons. The topological polar surface area (TPSA) is 73.9 Å². The third kappa shape index (κ3) is 6.51. The van der Waals surface area contributed by atoms with Crippen LogP contribution in [0.15, 0.2) is 48.5 Å². The molecule has 6 heteroatoms. The number of hydrogen-bond acceptors (Lipinski definition) is 5. The minimum Gasteiger partial charge on any atom is -0.495 e. The number of carbonyl (C=O) groups is 2. The van der Waals surface area contributed by atoms with E-state index >= 15 is 0 Å². The van der Waals surface area contributed by atoms with Crippen LogP contribution in [0.25, 0.3) is 6.08 Å². The summed E-state index contributed by atoms with van der Waals surface area (Å²) in [6.45, 7) is 4.03. The zero-order valence-electron chi connectivity index (χ0n) is 15.7. The van der Waals surface area contributed by atoms with Crippen LogP contribution in [-0.2, 0) is 14.3 Å². The lowest BCUT2D eigenvalue weighted by atomic mass is 10.2. The van der Waals surface area contributed by atoms with Gasteiger partial charge in [-0.05, 0) is 55.3 Å². The van der Waals surface area contributed by atoms with Crippen LogP contribution in [0.2, 0.25) is 0 Å². The number of anilines is 1. The summed E-state index contributed by atoms with van der Waals surface area (Å²) in [6, 6.07) is 12.7. The van der Waals surface area contributed by atoms with Crippen molar-refractivity contribution < 1.29 is 23.8 Å². The van der Waals surface area contributed by atoms with Crippen LogP contribution in [0.1, 0.15) is 18.1 Å². The number of ether oxygens (including phenoxy) is 3. The molecule has 6 nitrogen and oxygen atoms in total. The van der Waals surface area contributed by atoms with E-state index in [-0.39, 0.29) is 6.61 Å². The summed E-state index contributed by atoms with van der Waals surface area (Å²) in [5.41, 5.74) is 2.33. The summed E-state index contributed by atoms with van der Waals surface area (Å²) >= 11 is 0. The van der Waals surface area contributed by atoms with E-state index in [0.29, 0.717) is 18.0 Å². The van der Waals surface area contributed by atoms with Gasteiger partial charge in [0.15, 0.2) is 6.61 Å². The van der Waals surface area contributed by atoms with Crippen LogP contribution >= 0.6 is 0 Å². The first-order valence-corrected chi connectivity index (χ1v) is 8.54. The normalized spacial score (nSPS) is 10.5. The standard InChI is InChI=1S/C21H23NO5/c1-4-26-17-9-6-16(7-10-17)8-12-21(24)27-14-20(23)22-18-13-15(2)5-11-19(18)25-3/h5-13H,4,14H2,1-3H3,(H,22,23)/b12-8+. The second kappa shape index (κ2) is 10.0. The van der Waals surface area contributed by atoms with Crippen molar-refractivity contribution in [3.05, 3.63) is 59.7 Å². The fraction of sp³-hybridized carbons (Fsp3) is 0.238. The fourth-order valence-corrected chi connectivity index (χ4v) is 2.30. The van der Waals surface area contributed by atoms with Crippen LogP contribution in [-0.4, -0.2) is 32.2 Å². The van der Waals surface area contributed by atoms with Gasteiger partial charge in [0.25, 0.3) is 5.91 Å². The molecule has 0 aliphatic rings. The van der Waals surface area contributed by atoms with E-state index in [2.05, 4.69) is 5.32 Å². The second-order valence-corrected chi connectivity index (χ2v) is 5.70. The van der Waals surface area contributed by atoms with Crippen LogP contribution in [0.5, 0.6) is 11.5 Å². The molecule has 0 aliphatic carbocycles. The molecule has 1 N–H and O–H groups in total. The van der Waals surface area contributed by atoms with E-state index in [4.69, 9.17) is 14.2 Å². The molecule has 0 fully saturated rings. The zero-order valence-corrected chi connectivity index (χ0v) is 15.7. The van der Waals surface area contributed by atoms with Crippen molar-refractivity contribution in [1.82, 2.24) is 0 Å². The lowest BCUT2D eigenvalue weighted by Gasteiger charge is -2.10. The molecular weight excluding hydrogens is 346 g/mol. The van der Waals surface area contributed by atoms with Crippen molar-refractivity contribution in [2.75, 3.05) is 25.6 Å². The summed E-state index contributed by atoms with van der Waals surface area (Å²) in [5.74, 6) is 0.258. The highest BCUT2D eigenvalue weighted by Crippen LogP contribution is 2.25. The van der Waals surface area contributed by atoms with Crippen molar-refractivity contribution >= 4 is 23.6 Å². The van der Waals surface area contributed by atoms with Gasteiger partial charge in [-0.25, -0.2) is 4.79 Å². The maximum Gasteiger partial charge on any atom is 0.331 e. The molecule has 2 rings (SSSR count). The van der Waals surface area contributed by atoms with Gasteiger partial charge in [-0.2, -0.15) is 0 Å². The highest BCUT2D eigenvalue weighted by Gasteiger charge is 2.09. The van der Waals surface area contributed by atoms with Crippen LogP contribution in [0, 0.1) is 6.92 Å². The number of rotatable bonds is 8. The molecule has 0 heterocycles. The summed E-state index contributed by atoms with van der Waals surface area (Å²) in [5, 5.41) is 2.67. The minimum atomic E-state index is -0.602. The van der Waals surface area contributed by atoms with E-state index in [1.807, 2.05) is 44.2 Å². The average molecular weight is 369 g/mol. The first-order valence-electron chi connectivity index (χ1n) is 8.54. The van der Waals surface area contributed by atoms with Crippen LogP contribution < -0.4 is 14.8 Å². The first-order chi connectivity index (χ1) is 13.0. The van der Waals surface area contributed by atoms with Gasteiger partial charge in [0.1, 0.15) is 11.5 Å². The van der Waals surface area contributed by atoms with E-state index in [1.54, 1.807) is 18.2 Å². The van der Waals surface area contributed by atoms with Crippen molar-refractivity contribution in [1.29, 1.82) is 0 Å². The number of benzene rings is 2. The maximum atomic E-state index is 12.0. The smallest absolute Gasteiger partial charge is 0.331 e. The fourth-order valence-electron chi connectivity index (χ4n) is 2.30. The minimum absolute atomic E-state index is 0.385. The molecule has 2 aromatic carbocycles. The lowest BCUT2D eigenvalue weighted by Crippen LogP contribution is -2.20. The Morgan fingerprint density at radius 3 is 2.52 bits per heavy atom. The van der Waals surface area contributed by atoms with Crippen molar-refractivity contribution in [2.24, 2.45) is 0 Å². The van der Waals surface area contributed by atoms with E-state index < -0.39 is 11.9 Å². The number of carbonyl (C=O) groups excluding carboxylic acids is 2. The Labute approximate surface area is 158 Å². The second-order valence-electron chi connectivity index (χ2n) is 5.70. The number of methoxy groups -OCH3 is 1. The first kappa shape index (κ1) is 20.0. The molecule has 0 saturated heterocycles. The van der Waals surface area contributed by atoms with Crippen molar-refractivity contribution in [3.63, 3.8) is 0 Å². The number of amides is 1. The predicted molar refractivity (Wildman–Crippen MR) is 104 cm³/mol. The molecule has 0 radical (unpaired) electrons. The van der Waals surface area contributed by atoms with Gasteiger partial charge < -0.3 is 19.5 Å². The van der Waals surface area contributed by atoms with E-state index in [1.165, 1.54) is 13.2 Å². The Bertz CT molecular complexity index is 812. The van der Waals surface area contributed by atoms with Gasteiger partial charge in [-0.1, -0.05) is 18.2 Å². The highest BCUT2D eigenvalue weighted by atomic mass is 16.5. The van der Waals surface area contributed by atoms with Crippen molar-refractivity contribution in [3.8, 4) is 11.5 Å². The molecule has 2 aromatic rings.